The molecule has 0 aromatic heterocycles. The summed E-state index contributed by atoms with van der Waals surface area (Å²) in [6.07, 6.45) is 0. The number of nitrogens with one attached hydrogen (secondary N) is 1. The molecule has 0 heterocycles. The lowest BCUT2D eigenvalue weighted by atomic mass is 10.1. The van der Waals surface area contributed by atoms with Crippen molar-refractivity contribution in [3.63, 3.8) is 0 Å². The topological polar surface area (TPSA) is 35.8 Å². The summed E-state index contributed by atoms with van der Waals surface area (Å²) in [6.45, 7) is 0.357. The fourth-order valence-corrected chi connectivity index (χ4v) is 2.62. The summed E-state index contributed by atoms with van der Waals surface area (Å²) in [5.74, 6) is -0.543. The molecule has 2 nitrogen and oxygen atoms in total. The van der Waals surface area contributed by atoms with Gasteiger partial charge in [0.2, 0.25) is 0 Å². The van der Waals surface area contributed by atoms with Gasteiger partial charge < -0.3 is 5.32 Å². The second-order valence-corrected chi connectivity index (χ2v) is 5.27. The molecule has 2 aromatic carbocycles. The maximum atomic E-state index is 13.2. The molecule has 0 amide bonds. The Labute approximate surface area is 130 Å². The summed E-state index contributed by atoms with van der Waals surface area (Å²) in [5, 5.41) is 13.1. The van der Waals surface area contributed by atoms with Crippen LogP contribution in [0.5, 0.6) is 0 Å². The van der Waals surface area contributed by atoms with Crippen LogP contribution in [-0.2, 0) is 6.54 Å². The highest BCUT2D eigenvalue weighted by Gasteiger charge is 2.08. The largest absolute Gasteiger partial charge is 0.379 e. The number of hydrogen-bond acceptors (Lipinski definition) is 2. The summed E-state index contributed by atoms with van der Waals surface area (Å²) in [6, 6.07) is 9.24. The molecule has 0 bridgehead atoms. The van der Waals surface area contributed by atoms with Gasteiger partial charge in [-0.05, 0) is 29.8 Å². The van der Waals surface area contributed by atoms with E-state index in [4.69, 9.17) is 40.1 Å². The van der Waals surface area contributed by atoms with Crippen molar-refractivity contribution in [3.05, 3.63) is 62.3 Å². The van der Waals surface area contributed by atoms with Crippen LogP contribution in [0.4, 0.5) is 10.1 Å². The van der Waals surface area contributed by atoms with Crippen molar-refractivity contribution in [3.8, 4) is 6.07 Å². The van der Waals surface area contributed by atoms with Gasteiger partial charge in [0.05, 0.1) is 21.3 Å². The number of nitrogens with zero attached hydrogens (tertiary/aromatic N) is 1. The summed E-state index contributed by atoms with van der Waals surface area (Å²) in [7, 11) is 0. The fourth-order valence-electron chi connectivity index (χ4n) is 1.67. The van der Waals surface area contributed by atoms with Crippen LogP contribution in [0, 0.1) is 17.1 Å². The summed E-state index contributed by atoms with van der Waals surface area (Å²) < 4.78 is 13.2. The zero-order valence-electron chi connectivity index (χ0n) is 10.1. The van der Waals surface area contributed by atoms with Crippen molar-refractivity contribution in [2.75, 3.05) is 5.32 Å². The van der Waals surface area contributed by atoms with Crippen molar-refractivity contribution in [1.82, 2.24) is 0 Å². The monoisotopic (exact) mass is 328 g/mol. The van der Waals surface area contributed by atoms with E-state index in [1.165, 1.54) is 12.1 Å². The highest BCUT2D eigenvalue weighted by molar-refractivity contribution is 6.41. The molecule has 0 unspecified atom stereocenters. The van der Waals surface area contributed by atoms with Crippen LogP contribution in [0.1, 0.15) is 11.1 Å². The van der Waals surface area contributed by atoms with E-state index < -0.39 is 5.82 Å². The predicted octanol–water partition coefficient (Wildman–Crippen LogP) is 5.27. The summed E-state index contributed by atoms with van der Waals surface area (Å²) in [5.41, 5.74) is 1.28. The third kappa shape index (κ3) is 3.34. The molecule has 1 N–H and O–H groups in total. The zero-order valence-corrected chi connectivity index (χ0v) is 12.3. The van der Waals surface area contributed by atoms with Crippen molar-refractivity contribution in [2.24, 2.45) is 0 Å². The van der Waals surface area contributed by atoms with Crippen LogP contribution in [-0.4, -0.2) is 0 Å². The first-order valence-electron chi connectivity index (χ1n) is 5.58. The Morgan fingerprint density at radius 2 is 1.75 bits per heavy atom. The molecule has 0 spiro atoms. The van der Waals surface area contributed by atoms with E-state index >= 15 is 0 Å². The predicted molar refractivity (Wildman–Crippen MR) is 79.9 cm³/mol. The van der Waals surface area contributed by atoms with Gasteiger partial charge in [0.15, 0.2) is 0 Å². The number of hydrogen-bond donors (Lipinski definition) is 1. The Bertz CT molecular complexity index is 672. The van der Waals surface area contributed by atoms with Gasteiger partial charge in [-0.2, -0.15) is 5.26 Å². The third-order valence-electron chi connectivity index (χ3n) is 2.63. The number of rotatable bonds is 3. The molecule has 2 rings (SSSR count). The molecule has 0 aliphatic heterocycles. The summed E-state index contributed by atoms with van der Waals surface area (Å²) >= 11 is 17.9. The van der Waals surface area contributed by atoms with Crippen molar-refractivity contribution >= 4 is 40.5 Å². The highest BCUT2D eigenvalue weighted by atomic mass is 35.5. The fraction of sp³-hybridized carbons (Fsp3) is 0.0714. The first-order valence-corrected chi connectivity index (χ1v) is 6.71. The molecule has 0 aliphatic carbocycles. The summed E-state index contributed by atoms with van der Waals surface area (Å²) in [4.78, 5) is 0. The van der Waals surface area contributed by atoms with E-state index in [-0.39, 0.29) is 5.56 Å². The Morgan fingerprint density at radius 1 is 1.10 bits per heavy atom. The first kappa shape index (κ1) is 14.9. The lowest BCUT2D eigenvalue weighted by Gasteiger charge is -2.11. The molecule has 102 valence electrons. The molecule has 0 atom stereocenters. The van der Waals surface area contributed by atoms with Crippen LogP contribution in [0.25, 0.3) is 0 Å². The molecule has 20 heavy (non-hydrogen) atoms. The van der Waals surface area contributed by atoms with E-state index in [1.807, 2.05) is 0 Å². The van der Waals surface area contributed by atoms with Gasteiger partial charge in [0, 0.05) is 11.6 Å². The van der Waals surface area contributed by atoms with Gasteiger partial charge in [-0.1, -0.05) is 40.9 Å². The smallest absolute Gasteiger partial charge is 0.140 e. The quantitative estimate of drug-likeness (QED) is 0.832. The molecule has 0 saturated heterocycles. The molecular weight excluding hydrogens is 322 g/mol. The minimum atomic E-state index is -0.543. The van der Waals surface area contributed by atoms with Gasteiger partial charge in [-0.25, -0.2) is 4.39 Å². The molecule has 6 heteroatoms. The van der Waals surface area contributed by atoms with E-state index in [0.29, 0.717) is 27.3 Å². The molecule has 0 radical (unpaired) electrons. The minimum Gasteiger partial charge on any atom is -0.379 e. The standard InChI is InChI=1S/C14H8Cl3FN2/c15-10-4-11(16)14(12(17)5-10)20-7-8-1-2-13(18)9(3-8)6-19/h1-5,20H,7H2. The second kappa shape index (κ2) is 6.32. The van der Waals surface area contributed by atoms with Gasteiger partial charge in [0.1, 0.15) is 11.9 Å². The maximum absolute atomic E-state index is 13.2. The van der Waals surface area contributed by atoms with Gasteiger partial charge in [-0.3, -0.25) is 0 Å². The lowest BCUT2D eigenvalue weighted by molar-refractivity contribution is 0.623. The molecule has 0 saturated carbocycles. The first-order chi connectivity index (χ1) is 9.51. The minimum absolute atomic E-state index is 0.00222. The molecule has 2 aromatic rings. The highest BCUT2D eigenvalue weighted by Crippen LogP contribution is 2.33. The maximum Gasteiger partial charge on any atom is 0.140 e. The molecule has 0 aliphatic rings. The van der Waals surface area contributed by atoms with Crippen LogP contribution in [0.15, 0.2) is 30.3 Å². The Hall–Kier alpha value is -1.47. The Balaban J connectivity index is 2.20. The van der Waals surface area contributed by atoms with Crippen molar-refractivity contribution in [1.29, 1.82) is 5.26 Å². The van der Waals surface area contributed by atoms with Crippen molar-refractivity contribution in [2.45, 2.75) is 6.54 Å². The average molecular weight is 330 g/mol. The van der Waals surface area contributed by atoms with Gasteiger partial charge >= 0.3 is 0 Å². The Morgan fingerprint density at radius 3 is 2.35 bits per heavy atom. The zero-order chi connectivity index (χ0) is 14.7. The number of anilines is 1. The van der Waals surface area contributed by atoms with Crippen LogP contribution >= 0.6 is 34.8 Å². The number of nitriles is 1. The Kier molecular flexibility index (Phi) is 4.72. The van der Waals surface area contributed by atoms with Crippen LogP contribution < -0.4 is 5.32 Å². The second-order valence-electron chi connectivity index (χ2n) is 4.02. The number of halogens is 4. The SMILES string of the molecule is N#Cc1cc(CNc2c(Cl)cc(Cl)cc2Cl)ccc1F. The van der Waals surface area contributed by atoms with E-state index in [0.717, 1.165) is 5.56 Å². The van der Waals surface area contributed by atoms with Crippen LogP contribution in [0.3, 0.4) is 0 Å². The van der Waals surface area contributed by atoms with Gasteiger partial charge in [-0.15, -0.1) is 0 Å². The molecular formula is C14H8Cl3FN2. The molecule has 0 fully saturated rings. The van der Waals surface area contributed by atoms with Crippen LogP contribution in [0.2, 0.25) is 15.1 Å². The van der Waals surface area contributed by atoms with E-state index in [2.05, 4.69) is 5.32 Å². The average Bonchev–Trinajstić information content (AvgIpc) is 2.39. The van der Waals surface area contributed by atoms with Gasteiger partial charge in [0.25, 0.3) is 0 Å². The van der Waals surface area contributed by atoms with Crippen molar-refractivity contribution < 1.29 is 4.39 Å². The van der Waals surface area contributed by atoms with E-state index in [1.54, 1.807) is 24.3 Å². The lowest BCUT2D eigenvalue weighted by Crippen LogP contribution is -2.01. The van der Waals surface area contributed by atoms with E-state index in [9.17, 15) is 4.39 Å². The third-order valence-corrected chi connectivity index (χ3v) is 3.44. The number of benzene rings is 2. The normalized spacial score (nSPS) is 10.2.